The predicted octanol–water partition coefficient (Wildman–Crippen LogP) is 14.0. The fraction of sp³-hybridized carbons (Fsp3) is 0.0385. The third kappa shape index (κ3) is 4.34. The summed E-state index contributed by atoms with van der Waals surface area (Å²) >= 11 is 0. The maximum Gasteiger partial charge on any atom is 0.0981 e. The van der Waals surface area contributed by atoms with Crippen LogP contribution in [-0.2, 0) is 0 Å². The van der Waals surface area contributed by atoms with E-state index in [2.05, 4.69) is 184 Å². The van der Waals surface area contributed by atoms with Gasteiger partial charge >= 0.3 is 0 Å². The van der Waals surface area contributed by atoms with E-state index in [4.69, 9.17) is 9.97 Å². The minimum atomic E-state index is 0.938. The first-order valence-electron chi connectivity index (χ1n) is 18.7. The maximum absolute atomic E-state index is 5.38. The molecule has 0 atom stereocenters. The van der Waals surface area contributed by atoms with E-state index < -0.39 is 0 Å². The molecule has 0 radical (unpaired) electrons. The summed E-state index contributed by atoms with van der Waals surface area (Å²) < 4.78 is 0. The number of aromatic nitrogens is 2. The van der Waals surface area contributed by atoms with E-state index in [0.29, 0.717) is 0 Å². The Morgan fingerprint density at radius 3 is 1.17 bits per heavy atom. The minimum absolute atomic E-state index is 0.938. The molecule has 0 saturated heterocycles. The molecule has 1 aliphatic rings. The van der Waals surface area contributed by atoms with Gasteiger partial charge in [0, 0.05) is 11.1 Å². The van der Waals surface area contributed by atoms with Gasteiger partial charge in [-0.2, -0.15) is 0 Å². The number of aryl methyl sites for hydroxylation is 2. The van der Waals surface area contributed by atoms with Crippen LogP contribution in [0.2, 0.25) is 0 Å². The lowest BCUT2D eigenvalue weighted by Crippen LogP contribution is -1.99. The molecule has 0 spiro atoms. The summed E-state index contributed by atoms with van der Waals surface area (Å²) in [5.41, 5.74) is 18.5. The second-order valence-corrected chi connectivity index (χ2v) is 14.4. The second-order valence-electron chi connectivity index (χ2n) is 14.4. The van der Waals surface area contributed by atoms with Gasteiger partial charge in [0.2, 0.25) is 0 Å². The van der Waals surface area contributed by atoms with Crippen LogP contribution in [0.5, 0.6) is 0 Å². The normalized spacial score (nSPS) is 11.9. The lowest BCUT2D eigenvalue weighted by molar-refractivity contribution is 1.10. The quantitative estimate of drug-likeness (QED) is 0.172. The molecule has 0 unspecified atom stereocenters. The van der Waals surface area contributed by atoms with Crippen molar-refractivity contribution >= 4 is 43.4 Å². The smallest absolute Gasteiger partial charge is 0.0981 e. The first-order valence-corrected chi connectivity index (χ1v) is 18.7. The van der Waals surface area contributed by atoms with Crippen LogP contribution in [0, 0.1) is 13.8 Å². The molecule has 2 heteroatoms. The highest BCUT2D eigenvalue weighted by Crippen LogP contribution is 2.59. The Labute approximate surface area is 314 Å². The molecular formula is C52H34N2. The van der Waals surface area contributed by atoms with Gasteiger partial charge < -0.3 is 0 Å². The number of rotatable bonds is 4. The molecule has 1 heterocycles. The lowest BCUT2D eigenvalue weighted by atomic mass is 9.82. The summed E-state index contributed by atoms with van der Waals surface area (Å²) in [7, 11) is 0. The van der Waals surface area contributed by atoms with Crippen molar-refractivity contribution in [3.05, 3.63) is 181 Å². The van der Waals surface area contributed by atoms with Crippen LogP contribution in [0.1, 0.15) is 11.4 Å². The minimum Gasteiger partial charge on any atom is -0.249 e. The second kappa shape index (κ2) is 11.8. The van der Waals surface area contributed by atoms with Crippen LogP contribution in [0.25, 0.3) is 110 Å². The molecule has 0 saturated carbocycles. The SMILES string of the molecule is Cc1nc2c(-c3ccccc3)c3ccccc3c(-c3ccc4c5c(cccc35)-c3c-4c(-c4ccccc4)c4ccccc4c3-c3ccccc3)c2nc1C. The van der Waals surface area contributed by atoms with Gasteiger partial charge in [0.1, 0.15) is 0 Å². The van der Waals surface area contributed by atoms with Crippen molar-refractivity contribution in [2.45, 2.75) is 13.8 Å². The van der Waals surface area contributed by atoms with E-state index in [1.807, 2.05) is 0 Å². The van der Waals surface area contributed by atoms with Crippen LogP contribution in [0.4, 0.5) is 0 Å². The highest BCUT2D eigenvalue weighted by Gasteiger charge is 2.32. The van der Waals surface area contributed by atoms with E-state index in [9.17, 15) is 0 Å². The fourth-order valence-corrected chi connectivity index (χ4v) is 9.12. The predicted molar refractivity (Wildman–Crippen MR) is 228 cm³/mol. The van der Waals surface area contributed by atoms with Gasteiger partial charge in [-0.15, -0.1) is 0 Å². The van der Waals surface area contributed by atoms with Gasteiger partial charge in [-0.3, -0.25) is 0 Å². The average Bonchev–Trinajstić information content (AvgIpc) is 3.55. The Morgan fingerprint density at radius 2 is 0.648 bits per heavy atom. The standard InChI is InChI=1S/C52H34N2/c1-31-32(2)54-52-48(40-26-15-14-25-38(40)46(51(52)53-31)35-21-10-5-11-22-35)41-29-30-43-47-39(41)27-16-28-42(47)49-44(33-17-6-3-7-18-33)36-23-12-13-24-37(36)45(50(43)49)34-19-8-4-9-20-34/h3-30H,1-2H3. The van der Waals surface area contributed by atoms with Gasteiger partial charge in [0.25, 0.3) is 0 Å². The van der Waals surface area contributed by atoms with Crippen LogP contribution >= 0.6 is 0 Å². The molecule has 0 amide bonds. The number of nitrogens with zero attached hydrogens (tertiary/aromatic N) is 2. The average molecular weight is 687 g/mol. The van der Waals surface area contributed by atoms with Gasteiger partial charge in [0.15, 0.2) is 0 Å². The third-order valence-corrected chi connectivity index (χ3v) is 11.5. The van der Waals surface area contributed by atoms with Crippen LogP contribution in [0.15, 0.2) is 170 Å². The zero-order valence-corrected chi connectivity index (χ0v) is 30.1. The zero-order chi connectivity index (χ0) is 35.9. The molecule has 252 valence electrons. The van der Waals surface area contributed by atoms with Gasteiger partial charge in [-0.1, -0.05) is 170 Å². The van der Waals surface area contributed by atoms with Crippen molar-refractivity contribution in [1.82, 2.24) is 9.97 Å². The largest absolute Gasteiger partial charge is 0.249 e. The van der Waals surface area contributed by atoms with Crippen molar-refractivity contribution in [3.8, 4) is 66.8 Å². The summed E-state index contributed by atoms with van der Waals surface area (Å²) in [6.45, 7) is 4.15. The molecule has 1 aromatic heterocycles. The van der Waals surface area contributed by atoms with Gasteiger partial charge in [-0.05, 0) is 102 Å². The summed E-state index contributed by atoms with van der Waals surface area (Å²) in [5.74, 6) is 0. The number of benzene rings is 9. The molecule has 0 fully saturated rings. The molecule has 10 aromatic rings. The van der Waals surface area contributed by atoms with Crippen LogP contribution < -0.4 is 0 Å². The van der Waals surface area contributed by atoms with Gasteiger partial charge in [-0.25, -0.2) is 9.97 Å². The fourth-order valence-electron chi connectivity index (χ4n) is 9.12. The Kier molecular flexibility index (Phi) is 6.72. The third-order valence-electron chi connectivity index (χ3n) is 11.5. The van der Waals surface area contributed by atoms with Crippen molar-refractivity contribution in [2.24, 2.45) is 0 Å². The summed E-state index contributed by atoms with van der Waals surface area (Å²) in [6, 6.07) is 61.9. The van der Waals surface area contributed by atoms with Crippen LogP contribution in [0.3, 0.4) is 0 Å². The Hall–Kier alpha value is -6.90. The maximum atomic E-state index is 5.38. The molecular weight excluding hydrogens is 653 g/mol. The van der Waals surface area contributed by atoms with Crippen molar-refractivity contribution in [1.29, 1.82) is 0 Å². The van der Waals surface area contributed by atoms with Crippen molar-refractivity contribution in [2.75, 3.05) is 0 Å². The molecule has 9 aromatic carbocycles. The Bertz CT molecular complexity index is 3050. The van der Waals surface area contributed by atoms with Crippen molar-refractivity contribution in [3.63, 3.8) is 0 Å². The number of fused-ring (bicyclic) bond motifs is 6. The summed E-state index contributed by atoms with van der Waals surface area (Å²) in [6.07, 6.45) is 0. The monoisotopic (exact) mass is 686 g/mol. The lowest BCUT2D eigenvalue weighted by Gasteiger charge is -2.20. The van der Waals surface area contributed by atoms with E-state index in [-0.39, 0.29) is 0 Å². The van der Waals surface area contributed by atoms with E-state index >= 15 is 0 Å². The van der Waals surface area contributed by atoms with Crippen LogP contribution in [-0.4, -0.2) is 9.97 Å². The topological polar surface area (TPSA) is 25.8 Å². The highest BCUT2D eigenvalue weighted by molar-refractivity contribution is 6.30. The highest BCUT2D eigenvalue weighted by atomic mass is 14.8. The summed E-state index contributed by atoms with van der Waals surface area (Å²) in [5, 5.41) is 7.40. The van der Waals surface area contributed by atoms with E-state index in [1.165, 1.54) is 82.4 Å². The molecule has 0 N–H and O–H groups in total. The molecule has 0 aliphatic heterocycles. The van der Waals surface area contributed by atoms with E-state index in [0.717, 1.165) is 39.1 Å². The molecule has 54 heavy (non-hydrogen) atoms. The molecule has 11 rings (SSSR count). The van der Waals surface area contributed by atoms with E-state index in [1.54, 1.807) is 0 Å². The first-order chi connectivity index (χ1) is 26.7. The zero-order valence-electron chi connectivity index (χ0n) is 30.1. The Balaban J connectivity index is 1.30. The Morgan fingerprint density at radius 1 is 0.278 bits per heavy atom. The number of hydrogen-bond acceptors (Lipinski definition) is 2. The summed E-state index contributed by atoms with van der Waals surface area (Å²) in [4.78, 5) is 10.7. The van der Waals surface area contributed by atoms with Gasteiger partial charge in [0.05, 0.1) is 22.4 Å². The first kappa shape index (κ1) is 30.7. The number of hydrogen-bond donors (Lipinski definition) is 0. The molecule has 1 aliphatic carbocycles. The molecule has 2 nitrogen and oxygen atoms in total. The molecule has 0 bridgehead atoms. The van der Waals surface area contributed by atoms with Crippen molar-refractivity contribution < 1.29 is 0 Å².